The molecule has 0 aliphatic carbocycles. The van der Waals surface area contributed by atoms with Gasteiger partial charge in [-0.15, -0.1) is 0 Å². The van der Waals surface area contributed by atoms with Gasteiger partial charge in [0.05, 0.1) is 5.69 Å². The summed E-state index contributed by atoms with van der Waals surface area (Å²) in [6.45, 7) is 6.67. The molecule has 4 nitrogen and oxygen atoms in total. The number of carboxylic acids is 1. The largest absolute Gasteiger partial charge is 0.478 e. The van der Waals surface area contributed by atoms with Crippen molar-refractivity contribution in [2.45, 2.75) is 45.6 Å². The van der Waals surface area contributed by atoms with Gasteiger partial charge in [0.15, 0.2) is 0 Å². The van der Waals surface area contributed by atoms with E-state index >= 15 is 0 Å². The molecule has 0 saturated heterocycles. The fourth-order valence-corrected chi connectivity index (χ4v) is 2.34. The van der Waals surface area contributed by atoms with Crippen LogP contribution in [0, 0.1) is 0 Å². The van der Waals surface area contributed by atoms with Gasteiger partial charge in [0, 0.05) is 18.2 Å². The van der Waals surface area contributed by atoms with Crippen molar-refractivity contribution >= 4 is 5.97 Å². The first-order valence-corrected chi connectivity index (χ1v) is 7.23. The molecule has 0 aliphatic rings. The van der Waals surface area contributed by atoms with E-state index in [1.807, 2.05) is 39.0 Å². The van der Waals surface area contributed by atoms with Crippen molar-refractivity contribution in [2.24, 2.45) is 0 Å². The maximum absolute atomic E-state index is 11.3. The van der Waals surface area contributed by atoms with E-state index in [0.29, 0.717) is 11.3 Å². The topological polar surface area (TPSA) is 55.1 Å². The van der Waals surface area contributed by atoms with Gasteiger partial charge in [-0.25, -0.2) is 4.79 Å². The van der Waals surface area contributed by atoms with Crippen molar-refractivity contribution < 1.29 is 9.90 Å². The lowest BCUT2D eigenvalue weighted by atomic mass is 9.90. The number of rotatable bonds is 5. The van der Waals surface area contributed by atoms with E-state index in [1.54, 1.807) is 10.9 Å². The van der Waals surface area contributed by atoms with Crippen LogP contribution in [0.2, 0.25) is 0 Å². The van der Waals surface area contributed by atoms with Crippen LogP contribution in [0.15, 0.2) is 36.5 Å². The zero-order valence-corrected chi connectivity index (χ0v) is 12.8. The molecule has 1 N–H and O–H groups in total. The average Bonchev–Trinajstić information content (AvgIpc) is 2.84. The molecule has 0 atom stereocenters. The quantitative estimate of drug-likeness (QED) is 0.915. The van der Waals surface area contributed by atoms with Crippen LogP contribution in [-0.2, 0) is 18.4 Å². The number of carboxylic acid groups (broad SMARTS) is 1. The first kappa shape index (κ1) is 15.3. The highest BCUT2D eigenvalue weighted by Crippen LogP contribution is 2.24. The minimum absolute atomic E-state index is 0.265. The molecular weight excluding hydrogens is 264 g/mol. The maximum atomic E-state index is 11.3. The summed E-state index contributed by atoms with van der Waals surface area (Å²) < 4.78 is 1.76. The predicted octanol–water partition coefficient (Wildman–Crippen LogP) is 3.51. The molecule has 0 amide bonds. The number of aromatic carboxylic acids is 1. The monoisotopic (exact) mass is 286 g/mol. The van der Waals surface area contributed by atoms with Gasteiger partial charge in [0.2, 0.25) is 0 Å². The van der Waals surface area contributed by atoms with Crippen molar-refractivity contribution in [3.63, 3.8) is 0 Å². The van der Waals surface area contributed by atoms with Crippen molar-refractivity contribution in [1.82, 2.24) is 9.78 Å². The summed E-state index contributed by atoms with van der Waals surface area (Å²) in [5.74, 6) is -0.908. The van der Waals surface area contributed by atoms with E-state index < -0.39 is 5.97 Å². The Morgan fingerprint density at radius 2 is 1.90 bits per heavy atom. The molecule has 0 aliphatic heterocycles. The molecular formula is C17H22N2O2. The molecule has 1 aromatic heterocycles. The van der Waals surface area contributed by atoms with E-state index in [9.17, 15) is 9.90 Å². The molecule has 112 valence electrons. The standard InChI is InChI=1S/C17H22N2O2/c1-17(2,3)15-14(16(20)21)12-19(18-15)11-7-10-13-8-5-4-6-9-13/h4-6,8-9,12H,7,10-11H2,1-3H3,(H,20,21). The Kier molecular flexibility index (Phi) is 4.46. The number of nitrogens with zero attached hydrogens (tertiary/aromatic N) is 2. The summed E-state index contributed by atoms with van der Waals surface area (Å²) in [5, 5.41) is 13.8. The van der Waals surface area contributed by atoms with Crippen LogP contribution in [0.5, 0.6) is 0 Å². The molecule has 0 radical (unpaired) electrons. The van der Waals surface area contributed by atoms with Gasteiger partial charge in [-0.05, 0) is 18.4 Å². The summed E-state index contributed by atoms with van der Waals surface area (Å²) in [4.78, 5) is 11.3. The zero-order valence-electron chi connectivity index (χ0n) is 12.8. The van der Waals surface area contributed by atoms with E-state index in [0.717, 1.165) is 19.4 Å². The van der Waals surface area contributed by atoms with Crippen LogP contribution in [0.1, 0.15) is 48.8 Å². The van der Waals surface area contributed by atoms with Crippen molar-refractivity contribution in [3.05, 3.63) is 53.3 Å². The highest BCUT2D eigenvalue weighted by molar-refractivity contribution is 5.89. The van der Waals surface area contributed by atoms with Crippen LogP contribution < -0.4 is 0 Å². The molecule has 21 heavy (non-hydrogen) atoms. The molecule has 1 aromatic carbocycles. The average molecular weight is 286 g/mol. The van der Waals surface area contributed by atoms with E-state index in [-0.39, 0.29) is 5.41 Å². The second-order valence-electron chi connectivity index (χ2n) is 6.30. The van der Waals surface area contributed by atoms with Gasteiger partial charge in [-0.1, -0.05) is 51.1 Å². The summed E-state index contributed by atoms with van der Waals surface area (Å²) in [7, 11) is 0. The number of hydrogen-bond acceptors (Lipinski definition) is 2. The molecule has 2 rings (SSSR count). The Bertz CT molecular complexity index is 609. The van der Waals surface area contributed by atoms with Gasteiger partial charge in [0.25, 0.3) is 0 Å². The van der Waals surface area contributed by atoms with Crippen LogP contribution in [0.25, 0.3) is 0 Å². The van der Waals surface area contributed by atoms with Gasteiger partial charge in [-0.2, -0.15) is 5.10 Å². The highest BCUT2D eigenvalue weighted by Gasteiger charge is 2.25. The van der Waals surface area contributed by atoms with Crippen molar-refractivity contribution in [2.75, 3.05) is 0 Å². The molecule has 0 spiro atoms. The summed E-state index contributed by atoms with van der Waals surface area (Å²) >= 11 is 0. The van der Waals surface area contributed by atoms with Crippen LogP contribution in [-0.4, -0.2) is 20.9 Å². The Balaban J connectivity index is 2.06. The van der Waals surface area contributed by atoms with Crippen molar-refractivity contribution in [3.8, 4) is 0 Å². The van der Waals surface area contributed by atoms with Gasteiger partial charge < -0.3 is 5.11 Å². The van der Waals surface area contributed by atoms with Crippen LogP contribution >= 0.6 is 0 Å². The van der Waals surface area contributed by atoms with Crippen LogP contribution in [0.3, 0.4) is 0 Å². The third-order valence-electron chi connectivity index (χ3n) is 3.40. The SMILES string of the molecule is CC(C)(C)c1nn(CCCc2ccccc2)cc1C(=O)O. The minimum atomic E-state index is -0.908. The fourth-order valence-electron chi connectivity index (χ4n) is 2.34. The Morgan fingerprint density at radius 3 is 2.43 bits per heavy atom. The Morgan fingerprint density at radius 1 is 1.24 bits per heavy atom. The normalized spacial score (nSPS) is 11.6. The Labute approximate surface area is 125 Å². The lowest BCUT2D eigenvalue weighted by Crippen LogP contribution is -2.16. The van der Waals surface area contributed by atoms with Gasteiger partial charge >= 0.3 is 5.97 Å². The first-order valence-electron chi connectivity index (χ1n) is 7.23. The van der Waals surface area contributed by atoms with E-state index in [4.69, 9.17) is 0 Å². The molecule has 0 saturated carbocycles. The molecule has 4 heteroatoms. The molecule has 0 unspecified atom stereocenters. The molecule has 0 fully saturated rings. The lowest BCUT2D eigenvalue weighted by molar-refractivity contribution is 0.0694. The second kappa shape index (κ2) is 6.12. The molecule has 1 heterocycles. The summed E-state index contributed by atoms with van der Waals surface area (Å²) in [6.07, 6.45) is 3.55. The van der Waals surface area contributed by atoms with Gasteiger partial charge in [0.1, 0.15) is 5.56 Å². The zero-order chi connectivity index (χ0) is 15.5. The van der Waals surface area contributed by atoms with Gasteiger partial charge in [-0.3, -0.25) is 4.68 Å². The summed E-state index contributed by atoms with van der Waals surface area (Å²) in [6, 6.07) is 10.3. The van der Waals surface area contributed by atoms with E-state index in [2.05, 4.69) is 17.2 Å². The summed E-state index contributed by atoms with van der Waals surface area (Å²) in [5.41, 5.74) is 1.98. The smallest absolute Gasteiger partial charge is 0.339 e. The highest BCUT2D eigenvalue weighted by atomic mass is 16.4. The third kappa shape index (κ3) is 3.94. The van der Waals surface area contributed by atoms with Crippen molar-refractivity contribution in [1.29, 1.82) is 0 Å². The number of hydrogen-bond donors (Lipinski definition) is 1. The van der Waals surface area contributed by atoms with E-state index in [1.165, 1.54) is 5.56 Å². The molecule has 0 bridgehead atoms. The lowest BCUT2D eigenvalue weighted by Gasteiger charge is -2.15. The number of aryl methyl sites for hydroxylation is 2. The third-order valence-corrected chi connectivity index (χ3v) is 3.40. The predicted molar refractivity (Wildman–Crippen MR) is 82.6 cm³/mol. The van der Waals surface area contributed by atoms with Crippen LogP contribution in [0.4, 0.5) is 0 Å². The molecule has 2 aromatic rings. The first-order chi connectivity index (χ1) is 9.88. The maximum Gasteiger partial charge on any atom is 0.339 e. The number of aromatic nitrogens is 2. The number of benzene rings is 1. The fraction of sp³-hybridized carbons (Fsp3) is 0.412. The minimum Gasteiger partial charge on any atom is -0.478 e. The number of carbonyl (C=O) groups is 1. The Hall–Kier alpha value is -2.10. The second-order valence-corrected chi connectivity index (χ2v) is 6.30.